The lowest BCUT2D eigenvalue weighted by Gasteiger charge is -2.10. The second-order valence-electron chi connectivity index (χ2n) is 5.52. The SMILES string of the molecule is COc1cccc(NS(=O)(=O)c2ccc(OCC(=O)NCCCO)cc2)c1. The van der Waals surface area contributed by atoms with Gasteiger partial charge in [0.05, 0.1) is 17.7 Å². The smallest absolute Gasteiger partial charge is 0.261 e. The molecule has 0 aliphatic heterocycles. The highest BCUT2D eigenvalue weighted by atomic mass is 32.2. The summed E-state index contributed by atoms with van der Waals surface area (Å²) in [6.45, 7) is 0.173. The number of hydrogen-bond donors (Lipinski definition) is 3. The monoisotopic (exact) mass is 394 g/mol. The van der Waals surface area contributed by atoms with Crippen molar-refractivity contribution in [1.82, 2.24) is 5.32 Å². The van der Waals surface area contributed by atoms with Crippen LogP contribution in [0.4, 0.5) is 5.69 Å². The summed E-state index contributed by atoms with van der Waals surface area (Å²) in [7, 11) is -2.27. The highest BCUT2D eigenvalue weighted by Crippen LogP contribution is 2.22. The Kier molecular flexibility index (Phi) is 7.44. The third-order valence-electron chi connectivity index (χ3n) is 3.48. The molecule has 0 aromatic heterocycles. The maximum atomic E-state index is 12.4. The van der Waals surface area contributed by atoms with Crippen molar-refractivity contribution in [2.45, 2.75) is 11.3 Å². The van der Waals surface area contributed by atoms with Gasteiger partial charge in [-0.25, -0.2) is 8.42 Å². The summed E-state index contributed by atoms with van der Waals surface area (Å²) < 4.78 is 37.8. The van der Waals surface area contributed by atoms with E-state index in [1.807, 2.05) is 0 Å². The third-order valence-corrected chi connectivity index (χ3v) is 4.88. The Morgan fingerprint density at radius 1 is 1.11 bits per heavy atom. The number of ether oxygens (including phenoxy) is 2. The fourth-order valence-corrected chi connectivity index (χ4v) is 3.17. The van der Waals surface area contributed by atoms with E-state index < -0.39 is 10.0 Å². The molecule has 0 saturated carbocycles. The number of methoxy groups -OCH3 is 1. The number of carbonyl (C=O) groups excluding carboxylic acids is 1. The molecule has 0 unspecified atom stereocenters. The summed E-state index contributed by atoms with van der Waals surface area (Å²) in [6, 6.07) is 12.3. The van der Waals surface area contributed by atoms with Gasteiger partial charge in [-0.3, -0.25) is 9.52 Å². The molecule has 0 spiro atoms. The summed E-state index contributed by atoms with van der Waals surface area (Å²) >= 11 is 0. The molecule has 0 heterocycles. The van der Waals surface area contributed by atoms with E-state index >= 15 is 0 Å². The average Bonchev–Trinajstić information content (AvgIpc) is 2.66. The number of rotatable bonds is 10. The molecule has 0 saturated heterocycles. The quantitative estimate of drug-likeness (QED) is 0.525. The Morgan fingerprint density at radius 2 is 1.85 bits per heavy atom. The van der Waals surface area contributed by atoms with Crippen molar-refractivity contribution in [3.05, 3.63) is 48.5 Å². The third kappa shape index (κ3) is 6.46. The molecule has 0 fully saturated rings. The van der Waals surface area contributed by atoms with Gasteiger partial charge < -0.3 is 19.9 Å². The second kappa shape index (κ2) is 9.79. The Hall–Kier alpha value is -2.78. The molecule has 0 bridgehead atoms. The van der Waals surface area contributed by atoms with Gasteiger partial charge in [-0.1, -0.05) is 6.07 Å². The van der Waals surface area contributed by atoms with E-state index in [2.05, 4.69) is 10.0 Å². The van der Waals surface area contributed by atoms with Gasteiger partial charge in [-0.2, -0.15) is 0 Å². The second-order valence-corrected chi connectivity index (χ2v) is 7.21. The first-order valence-corrected chi connectivity index (χ1v) is 9.70. The lowest BCUT2D eigenvalue weighted by atomic mass is 10.3. The van der Waals surface area contributed by atoms with Crippen molar-refractivity contribution in [3.8, 4) is 11.5 Å². The molecule has 2 aromatic rings. The summed E-state index contributed by atoms with van der Waals surface area (Å²) in [6.07, 6.45) is 0.471. The average molecular weight is 394 g/mol. The number of nitrogens with one attached hydrogen (secondary N) is 2. The summed E-state index contributed by atoms with van der Waals surface area (Å²) in [5.74, 6) is 0.587. The zero-order valence-electron chi connectivity index (χ0n) is 14.8. The van der Waals surface area contributed by atoms with Crippen molar-refractivity contribution in [2.24, 2.45) is 0 Å². The van der Waals surface area contributed by atoms with E-state index in [0.717, 1.165) is 0 Å². The number of carbonyl (C=O) groups is 1. The lowest BCUT2D eigenvalue weighted by molar-refractivity contribution is -0.123. The molecule has 3 N–H and O–H groups in total. The van der Waals surface area contributed by atoms with E-state index in [9.17, 15) is 13.2 Å². The molecule has 0 aliphatic carbocycles. The molecule has 27 heavy (non-hydrogen) atoms. The van der Waals surface area contributed by atoms with E-state index in [0.29, 0.717) is 30.2 Å². The first kappa shape index (κ1) is 20.5. The van der Waals surface area contributed by atoms with E-state index in [4.69, 9.17) is 14.6 Å². The Balaban J connectivity index is 1.95. The molecular formula is C18H22N2O6S. The van der Waals surface area contributed by atoms with Crippen LogP contribution in [0.2, 0.25) is 0 Å². The van der Waals surface area contributed by atoms with Crippen LogP contribution >= 0.6 is 0 Å². The predicted octanol–water partition coefficient (Wildman–Crippen LogP) is 1.37. The van der Waals surface area contributed by atoms with Gasteiger partial charge in [-0.05, 0) is 42.8 Å². The number of sulfonamides is 1. The fraction of sp³-hybridized carbons (Fsp3) is 0.278. The molecule has 146 valence electrons. The molecule has 0 radical (unpaired) electrons. The van der Waals surface area contributed by atoms with Crippen molar-refractivity contribution >= 4 is 21.6 Å². The molecular weight excluding hydrogens is 372 g/mol. The Labute approximate surface area is 158 Å². The Bertz CT molecular complexity index is 852. The van der Waals surface area contributed by atoms with E-state index in [1.54, 1.807) is 24.3 Å². The minimum atomic E-state index is -3.77. The summed E-state index contributed by atoms with van der Waals surface area (Å²) in [5, 5.41) is 11.2. The molecule has 1 amide bonds. The first-order valence-electron chi connectivity index (χ1n) is 8.22. The van der Waals surface area contributed by atoms with E-state index in [1.165, 1.54) is 31.4 Å². The lowest BCUT2D eigenvalue weighted by Crippen LogP contribution is -2.30. The number of aliphatic hydroxyl groups is 1. The van der Waals surface area contributed by atoms with Crippen LogP contribution in [0, 0.1) is 0 Å². The molecule has 8 nitrogen and oxygen atoms in total. The van der Waals surface area contributed by atoms with Crippen LogP contribution in [-0.4, -0.2) is 46.3 Å². The minimum absolute atomic E-state index is 0.000864. The number of anilines is 1. The van der Waals surface area contributed by atoms with Crippen molar-refractivity contribution in [1.29, 1.82) is 0 Å². The van der Waals surface area contributed by atoms with Gasteiger partial charge in [0.2, 0.25) is 0 Å². The van der Waals surface area contributed by atoms with Crippen LogP contribution in [0.5, 0.6) is 11.5 Å². The number of hydrogen-bond acceptors (Lipinski definition) is 6. The maximum Gasteiger partial charge on any atom is 0.261 e. The van der Waals surface area contributed by atoms with Crippen LogP contribution in [0.3, 0.4) is 0 Å². The van der Waals surface area contributed by atoms with Crippen LogP contribution in [-0.2, 0) is 14.8 Å². The molecule has 2 rings (SSSR count). The summed E-state index contributed by atoms with van der Waals surface area (Å²) in [5.41, 5.74) is 0.384. The standard InChI is InChI=1S/C18H22N2O6S/c1-25-16-5-2-4-14(12-16)20-27(23,24)17-8-6-15(7-9-17)26-13-18(22)19-10-3-11-21/h2,4-9,12,20-21H,3,10-11,13H2,1H3,(H,19,22). The number of amides is 1. The zero-order chi connectivity index (χ0) is 19.7. The van der Waals surface area contributed by atoms with Crippen molar-refractivity contribution in [3.63, 3.8) is 0 Å². The first-order chi connectivity index (χ1) is 12.9. The van der Waals surface area contributed by atoms with Gasteiger partial charge in [-0.15, -0.1) is 0 Å². The van der Waals surface area contributed by atoms with Crippen LogP contribution < -0.4 is 19.5 Å². The fourth-order valence-electron chi connectivity index (χ4n) is 2.12. The molecule has 2 aromatic carbocycles. The van der Waals surface area contributed by atoms with Crippen LogP contribution in [0.15, 0.2) is 53.4 Å². The number of benzene rings is 2. The topological polar surface area (TPSA) is 114 Å². The van der Waals surface area contributed by atoms with Crippen molar-refractivity contribution < 1.29 is 27.8 Å². The largest absolute Gasteiger partial charge is 0.497 e. The zero-order valence-corrected chi connectivity index (χ0v) is 15.7. The van der Waals surface area contributed by atoms with Gasteiger partial charge in [0.15, 0.2) is 6.61 Å². The van der Waals surface area contributed by atoms with Gasteiger partial charge in [0.1, 0.15) is 11.5 Å². The van der Waals surface area contributed by atoms with Crippen LogP contribution in [0.1, 0.15) is 6.42 Å². The molecule has 9 heteroatoms. The van der Waals surface area contributed by atoms with Crippen LogP contribution in [0.25, 0.3) is 0 Å². The van der Waals surface area contributed by atoms with Crippen molar-refractivity contribution in [2.75, 3.05) is 31.6 Å². The Morgan fingerprint density at radius 3 is 2.52 bits per heavy atom. The summed E-state index contributed by atoms with van der Waals surface area (Å²) in [4.78, 5) is 11.6. The van der Waals surface area contributed by atoms with Gasteiger partial charge in [0, 0.05) is 19.2 Å². The predicted molar refractivity (Wildman–Crippen MR) is 100 cm³/mol. The molecule has 0 atom stereocenters. The highest BCUT2D eigenvalue weighted by Gasteiger charge is 2.14. The van der Waals surface area contributed by atoms with Gasteiger partial charge >= 0.3 is 0 Å². The minimum Gasteiger partial charge on any atom is -0.497 e. The van der Waals surface area contributed by atoms with Gasteiger partial charge in [0.25, 0.3) is 15.9 Å². The highest BCUT2D eigenvalue weighted by molar-refractivity contribution is 7.92. The van der Waals surface area contributed by atoms with E-state index in [-0.39, 0.29) is 24.0 Å². The maximum absolute atomic E-state index is 12.4. The number of aliphatic hydroxyl groups excluding tert-OH is 1. The molecule has 0 aliphatic rings. The normalized spacial score (nSPS) is 10.9.